The van der Waals surface area contributed by atoms with E-state index in [9.17, 15) is 9.59 Å². The van der Waals surface area contributed by atoms with Gasteiger partial charge in [-0.15, -0.1) is 0 Å². The predicted molar refractivity (Wildman–Crippen MR) is 60.1 cm³/mol. The Bertz CT molecular complexity index is 237. The van der Waals surface area contributed by atoms with E-state index in [2.05, 4.69) is 10.6 Å². The Balaban J connectivity index is 1.94. The number of carbonyl (C=O) groups is 2. The molecule has 16 heavy (non-hydrogen) atoms. The van der Waals surface area contributed by atoms with Gasteiger partial charge in [0, 0.05) is 13.0 Å². The van der Waals surface area contributed by atoms with Crippen molar-refractivity contribution in [3.05, 3.63) is 0 Å². The highest BCUT2D eigenvalue weighted by atomic mass is 16.4. The number of rotatable bonds is 7. The van der Waals surface area contributed by atoms with Crippen molar-refractivity contribution in [3.8, 4) is 0 Å². The summed E-state index contributed by atoms with van der Waals surface area (Å²) in [5.41, 5.74) is 0. The van der Waals surface area contributed by atoms with Crippen molar-refractivity contribution in [2.45, 2.75) is 44.6 Å². The summed E-state index contributed by atoms with van der Waals surface area (Å²) in [7, 11) is 0. The molecule has 5 heteroatoms. The minimum Gasteiger partial charge on any atom is -0.481 e. The second kappa shape index (κ2) is 7.22. The summed E-state index contributed by atoms with van der Waals surface area (Å²) in [4.78, 5) is 21.8. The first-order valence-electron chi connectivity index (χ1n) is 5.93. The number of aliphatic carboxylic acids is 1. The molecule has 1 fully saturated rings. The van der Waals surface area contributed by atoms with Gasteiger partial charge in [0.15, 0.2) is 0 Å². The molecule has 1 saturated heterocycles. The minimum atomic E-state index is -0.751. The fourth-order valence-corrected chi connectivity index (χ4v) is 1.82. The summed E-state index contributed by atoms with van der Waals surface area (Å²) >= 11 is 0. The zero-order valence-corrected chi connectivity index (χ0v) is 9.50. The van der Waals surface area contributed by atoms with Crippen LogP contribution in [0.2, 0.25) is 0 Å². The average molecular weight is 228 g/mol. The standard InChI is InChI=1S/C11H20N2O3/c14-10(15)6-2-1-3-7-13-11(16)9-5-4-8-12-9/h9,12H,1-8H2,(H,13,16)(H,14,15)/t9-/m1/s1. The molecular weight excluding hydrogens is 208 g/mol. The van der Waals surface area contributed by atoms with Gasteiger partial charge < -0.3 is 15.7 Å². The van der Waals surface area contributed by atoms with E-state index in [4.69, 9.17) is 5.11 Å². The molecule has 1 heterocycles. The number of amides is 1. The highest BCUT2D eigenvalue weighted by Crippen LogP contribution is 2.04. The number of nitrogens with one attached hydrogen (secondary N) is 2. The van der Waals surface area contributed by atoms with Crippen LogP contribution < -0.4 is 10.6 Å². The van der Waals surface area contributed by atoms with Crippen molar-refractivity contribution in [2.24, 2.45) is 0 Å². The first-order valence-corrected chi connectivity index (χ1v) is 5.93. The quantitative estimate of drug-likeness (QED) is 0.554. The number of carboxylic acid groups (broad SMARTS) is 1. The van der Waals surface area contributed by atoms with Crippen LogP contribution in [-0.4, -0.2) is 36.1 Å². The molecule has 0 aliphatic carbocycles. The molecule has 1 aliphatic rings. The molecule has 0 saturated carbocycles. The maximum absolute atomic E-state index is 11.5. The lowest BCUT2D eigenvalue weighted by atomic mass is 10.2. The van der Waals surface area contributed by atoms with Gasteiger partial charge in [-0.2, -0.15) is 0 Å². The maximum Gasteiger partial charge on any atom is 0.303 e. The third-order valence-electron chi connectivity index (χ3n) is 2.74. The van der Waals surface area contributed by atoms with E-state index in [1.807, 2.05) is 0 Å². The van der Waals surface area contributed by atoms with E-state index in [-0.39, 0.29) is 18.4 Å². The summed E-state index contributed by atoms with van der Waals surface area (Å²) in [6, 6.07) is -0.0148. The summed E-state index contributed by atoms with van der Waals surface area (Å²) < 4.78 is 0. The van der Waals surface area contributed by atoms with Gasteiger partial charge in [-0.05, 0) is 32.2 Å². The first kappa shape index (κ1) is 13.0. The zero-order chi connectivity index (χ0) is 11.8. The van der Waals surface area contributed by atoms with Gasteiger partial charge in [0.2, 0.25) is 5.91 Å². The largest absolute Gasteiger partial charge is 0.481 e. The van der Waals surface area contributed by atoms with Crippen molar-refractivity contribution in [1.82, 2.24) is 10.6 Å². The Hall–Kier alpha value is -1.10. The van der Waals surface area contributed by atoms with E-state index < -0.39 is 5.97 Å². The normalized spacial score (nSPS) is 19.6. The van der Waals surface area contributed by atoms with Crippen molar-refractivity contribution >= 4 is 11.9 Å². The highest BCUT2D eigenvalue weighted by molar-refractivity contribution is 5.81. The number of hydrogen-bond acceptors (Lipinski definition) is 3. The topological polar surface area (TPSA) is 78.4 Å². The van der Waals surface area contributed by atoms with Crippen LogP contribution in [0.5, 0.6) is 0 Å². The third kappa shape index (κ3) is 5.11. The second-order valence-electron chi connectivity index (χ2n) is 4.14. The monoisotopic (exact) mass is 228 g/mol. The lowest BCUT2D eigenvalue weighted by Crippen LogP contribution is -2.40. The molecule has 0 aromatic heterocycles. The molecule has 1 atom stereocenters. The highest BCUT2D eigenvalue weighted by Gasteiger charge is 2.20. The Labute approximate surface area is 95.6 Å². The second-order valence-corrected chi connectivity index (χ2v) is 4.14. The van der Waals surface area contributed by atoms with Gasteiger partial charge in [0.05, 0.1) is 6.04 Å². The molecule has 92 valence electrons. The van der Waals surface area contributed by atoms with Crippen LogP contribution in [0.4, 0.5) is 0 Å². The number of hydrogen-bond donors (Lipinski definition) is 3. The average Bonchev–Trinajstić information content (AvgIpc) is 2.75. The van der Waals surface area contributed by atoms with Crippen LogP contribution in [0.1, 0.15) is 38.5 Å². The van der Waals surface area contributed by atoms with Crippen LogP contribution >= 0.6 is 0 Å². The smallest absolute Gasteiger partial charge is 0.303 e. The van der Waals surface area contributed by atoms with E-state index in [1.54, 1.807) is 0 Å². The van der Waals surface area contributed by atoms with E-state index in [0.717, 1.165) is 32.2 Å². The van der Waals surface area contributed by atoms with Crippen LogP contribution in [-0.2, 0) is 9.59 Å². The van der Waals surface area contributed by atoms with Crippen molar-refractivity contribution in [1.29, 1.82) is 0 Å². The van der Waals surface area contributed by atoms with Crippen LogP contribution in [0.15, 0.2) is 0 Å². The SMILES string of the molecule is O=C(O)CCCCCNC(=O)[C@H]1CCCN1. The number of unbranched alkanes of at least 4 members (excludes halogenated alkanes) is 2. The minimum absolute atomic E-state index is 0.0148. The Morgan fingerprint density at radius 3 is 2.75 bits per heavy atom. The fourth-order valence-electron chi connectivity index (χ4n) is 1.82. The molecular formula is C11H20N2O3. The molecule has 0 radical (unpaired) electrons. The molecule has 1 amide bonds. The lowest BCUT2D eigenvalue weighted by Gasteiger charge is -2.10. The number of carboxylic acids is 1. The molecule has 0 spiro atoms. The lowest BCUT2D eigenvalue weighted by molar-refractivity contribution is -0.137. The van der Waals surface area contributed by atoms with Gasteiger partial charge >= 0.3 is 5.97 Å². The van der Waals surface area contributed by atoms with Gasteiger partial charge in [0.25, 0.3) is 0 Å². The van der Waals surface area contributed by atoms with Crippen molar-refractivity contribution in [3.63, 3.8) is 0 Å². The molecule has 1 aliphatic heterocycles. The van der Waals surface area contributed by atoms with Crippen molar-refractivity contribution < 1.29 is 14.7 Å². The Kier molecular flexibility index (Phi) is 5.85. The molecule has 0 aromatic carbocycles. The summed E-state index contributed by atoms with van der Waals surface area (Å²) in [6.45, 7) is 1.58. The van der Waals surface area contributed by atoms with Crippen LogP contribution in [0.3, 0.4) is 0 Å². The fraction of sp³-hybridized carbons (Fsp3) is 0.818. The predicted octanol–water partition coefficient (Wildman–Crippen LogP) is 0.500. The first-order chi connectivity index (χ1) is 7.70. The summed E-state index contributed by atoms with van der Waals surface area (Å²) in [5, 5.41) is 14.4. The van der Waals surface area contributed by atoms with Gasteiger partial charge in [0.1, 0.15) is 0 Å². The molecule has 1 rings (SSSR count). The molecule has 0 bridgehead atoms. The Morgan fingerprint density at radius 2 is 2.12 bits per heavy atom. The summed E-state index contributed by atoms with van der Waals surface area (Å²) in [5.74, 6) is -0.671. The molecule has 3 N–H and O–H groups in total. The van der Waals surface area contributed by atoms with Crippen LogP contribution in [0.25, 0.3) is 0 Å². The van der Waals surface area contributed by atoms with E-state index in [0.29, 0.717) is 13.0 Å². The number of carbonyl (C=O) groups excluding carboxylic acids is 1. The summed E-state index contributed by atoms with van der Waals surface area (Å²) in [6.07, 6.45) is 4.60. The third-order valence-corrected chi connectivity index (χ3v) is 2.74. The molecule has 5 nitrogen and oxygen atoms in total. The van der Waals surface area contributed by atoms with Gasteiger partial charge in [-0.25, -0.2) is 0 Å². The Morgan fingerprint density at radius 1 is 1.31 bits per heavy atom. The molecule has 0 unspecified atom stereocenters. The van der Waals surface area contributed by atoms with Gasteiger partial charge in [-0.3, -0.25) is 9.59 Å². The van der Waals surface area contributed by atoms with E-state index in [1.165, 1.54) is 0 Å². The van der Waals surface area contributed by atoms with Crippen LogP contribution in [0, 0.1) is 0 Å². The maximum atomic E-state index is 11.5. The van der Waals surface area contributed by atoms with Gasteiger partial charge in [-0.1, -0.05) is 6.42 Å². The zero-order valence-electron chi connectivity index (χ0n) is 9.50. The molecule has 0 aromatic rings. The van der Waals surface area contributed by atoms with E-state index >= 15 is 0 Å². The van der Waals surface area contributed by atoms with Crippen molar-refractivity contribution in [2.75, 3.05) is 13.1 Å².